The molecule has 1 aliphatic heterocycles. The summed E-state index contributed by atoms with van der Waals surface area (Å²) in [5.41, 5.74) is 3.10. The maximum absolute atomic E-state index is 13.3. The van der Waals surface area contributed by atoms with Crippen molar-refractivity contribution in [1.29, 1.82) is 0 Å². The minimum absolute atomic E-state index is 0.0258. The number of hydrogen-bond donors (Lipinski definition) is 0. The lowest BCUT2D eigenvalue weighted by Crippen LogP contribution is -2.43. The molecule has 2 aromatic carbocycles. The third kappa shape index (κ3) is 3.96. The van der Waals surface area contributed by atoms with Gasteiger partial charge in [-0.15, -0.1) is 0 Å². The predicted octanol–water partition coefficient (Wildman–Crippen LogP) is 4.53. The molecular weight excluding hydrogens is 360 g/mol. The summed E-state index contributed by atoms with van der Waals surface area (Å²) < 4.78 is 0. The second kappa shape index (κ2) is 8.05. The highest BCUT2D eigenvalue weighted by Crippen LogP contribution is 2.32. The van der Waals surface area contributed by atoms with Crippen LogP contribution in [0.1, 0.15) is 38.3 Å². The fourth-order valence-corrected chi connectivity index (χ4v) is 3.45. The standard InChI is InChI=1S/C22H23ClN2O2/c1-4-14(2)20-22(27)25(13-15(3)26)19-11-10-17(23)12-18(19)21(24-20)16-8-6-5-7-9-16/h5-12,14,20H,4,13H2,1-3H3. The van der Waals surface area contributed by atoms with Gasteiger partial charge in [0.05, 0.1) is 17.9 Å². The second-order valence-electron chi connectivity index (χ2n) is 6.96. The summed E-state index contributed by atoms with van der Waals surface area (Å²) in [7, 11) is 0. The van der Waals surface area contributed by atoms with Crippen molar-refractivity contribution in [1.82, 2.24) is 0 Å². The van der Waals surface area contributed by atoms with Gasteiger partial charge < -0.3 is 4.90 Å². The molecule has 0 spiro atoms. The molecule has 0 saturated heterocycles. The third-order valence-electron chi connectivity index (χ3n) is 4.90. The first-order valence-electron chi connectivity index (χ1n) is 9.16. The molecule has 27 heavy (non-hydrogen) atoms. The van der Waals surface area contributed by atoms with Gasteiger partial charge in [-0.2, -0.15) is 0 Å². The number of benzene rings is 2. The molecule has 5 heteroatoms. The molecule has 2 aromatic rings. The van der Waals surface area contributed by atoms with Gasteiger partial charge in [0.1, 0.15) is 11.8 Å². The van der Waals surface area contributed by atoms with Crippen molar-refractivity contribution in [2.24, 2.45) is 10.9 Å². The van der Waals surface area contributed by atoms with Crippen LogP contribution in [0.3, 0.4) is 0 Å². The van der Waals surface area contributed by atoms with Gasteiger partial charge in [0.2, 0.25) is 0 Å². The number of amides is 1. The summed E-state index contributed by atoms with van der Waals surface area (Å²) in [6.45, 7) is 5.58. The topological polar surface area (TPSA) is 49.7 Å². The molecule has 0 N–H and O–H groups in total. The van der Waals surface area contributed by atoms with Crippen LogP contribution in [0.5, 0.6) is 0 Å². The molecule has 2 atom stereocenters. The number of halogens is 1. The number of ketones is 1. The van der Waals surface area contributed by atoms with Crippen LogP contribution in [0.4, 0.5) is 5.69 Å². The molecule has 140 valence electrons. The van der Waals surface area contributed by atoms with Gasteiger partial charge in [-0.05, 0) is 31.0 Å². The number of hydrogen-bond acceptors (Lipinski definition) is 3. The quantitative estimate of drug-likeness (QED) is 0.762. The average molecular weight is 383 g/mol. The first kappa shape index (κ1) is 19.3. The van der Waals surface area contributed by atoms with Crippen molar-refractivity contribution in [2.75, 3.05) is 11.4 Å². The summed E-state index contributed by atoms with van der Waals surface area (Å²) in [5, 5.41) is 0.564. The fourth-order valence-electron chi connectivity index (χ4n) is 3.28. The van der Waals surface area contributed by atoms with Gasteiger partial charge >= 0.3 is 0 Å². The normalized spacial score (nSPS) is 17.8. The Morgan fingerprint density at radius 2 is 1.93 bits per heavy atom. The number of anilines is 1. The maximum Gasteiger partial charge on any atom is 0.252 e. The molecule has 0 aliphatic carbocycles. The summed E-state index contributed by atoms with van der Waals surface area (Å²) in [4.78, 5) is 31.7. The number of carbonyl (C=O) groups excluding carboxylic acids is 2. The van der Waals surface area contributed by atoms with E-state index in [-0.39, 0.29) is 24.2 Å². The van der Waals surface area contributed by atoms with Gasteiger partial charge in [-0.3, -0.25) is 14.6 Å². The zero-order valence-corrected chi connectivity index (χ0v) is 16.5. The third-order valence-corrected chi connectivity index (χ3v) is 5.14. The first-order chi connectivity index (χ1) is 12.9. The van der Waals surface area contributed by atoms with Gasteiger partial charge in [0.15, 0.2) is 0 Å². The van der Waals surface area contributed by atoms with Crippen LogP contribution in [0.25, 0.3) is 0 Å². The Morgan fingerprint density at radius 1 is 1.22 bits per heavy atom. The Labute approximate surface area is 164 Å². The molecule has 0 aromatic heterocycles. The van der Waals surface area contributed by atoms with Crippen LogP contribution in [-0.4, -0.2) is 30.0 Å². The highest BCUT2D eigenvalue weighted by Gasteiger charge is 2.35. The number of aliphatic imine (C=N–C) groups is 1. The first-order valence-corrected chi connectivity index (χ1v) is 9.54. The summed E-state index contributed by atoms with van der Waals surface area (Å²) in [6.07, 6.45) is 0.812. The van der Waals surface area contributed by atoms with Crippen molar-refractivity contribution in [3.63, 3.8) is 0 Å². The lowest BCUT2D eigenvalue weighted by Gasteiger charge is -2.26. The average Bonchev–Trinajstić information content (AvgIpc) is 2.77. The Kier molecular flexibility index (Phi) is 5.76. The van der Waals surface area contributed by atoms with Gasteiger partial charge in [-0.1, -0.05) is 62.2 Å². The largest absolute Gasteiger partial charge is 0.302 e. The minimum atomic E-state index is -0.546. The van der Waals surface area contributed by atoms with Crippen LogP contribution in [0, 0.1) is 5.92 Å². The number of fused-ring (bicyclic) bond motifs is 1. The van der Waals surface area contributed by atoms with Crippen LogP contribution in [0.2, 0.25) is 5.02 Å². The van der Waals surface area contributed by atoms with Crippen LogP contribution >= 0.6 is 11.6 Å². The Bertz CT molecular complexity index is 892. The molecule has 1 amide bonds. The lowest BCUT2D eigenvalue weighted by molar-refractivity contribution is -0.123. The van der Waals surface area contributed by atoms with Crippen molar-refractivity contribution in [2.45, 2.75) is 33.2 Å². The summed E-state index contributed by atoms with van der Waals surface area (Å²) >= 11 is 6.27. The van der Waals surface area contributed by atoms with Crippen molar-refractivity contribution in [3.8, 4) is 0 Å². The molecule has 4 nitrogen and oxygen atoms in total. The monoisotopic (exact) mass is 382 g/mol. The summed E-state index contributed by atoms with van der Waals surface area (Å²) in [5.74, 6) is -0.167. The van der Waals surface area contributed by atoms with Gasteiger partial charge in [-0.25, -0.2) is 0 Å². The van der Waals surface area contributed by atoms with E-state index >= 15 is 0 Å². The molecule has 0 radical (unpaired) electrons. The van der Waals surface area contributed by atoms with E-state index in [2.05, 4.69) is 0 Å². The summed E-state index contributed by atoms with van der Waals surface area (Å²) in [6, 6.07) is 14.6. The molecule has 0 fully saturated rings. The molecule has 0 saturated carbocycles. The SMILES string of the molecule is CCC(C)C1N=C(c2ccccc2)c2cc(Cl)ccc2N(CC(C)=O)C1=O. The van der Waals surface area contributed by atoms with Crippen LogP contribution < -0.4 is 4.90 Å². The number of carbonyl (C=O) groups is 2. The molecule has 3 rings (SSSR count). The molecule has 0 bridgehead atoms. The van der Waals surface area contributed by atoms with E-state index < -0.39 is 6.04 Å². The van der Waals surface area contributed by atoms with Crippen LogP contribution in [0.15, 0.2) is 53.5 Å². The predicted molar refractivity (Wildman–Crippen MR) is 110 cm³/mol. The zero-order chi connectivity index (χ0) is 19.6. The van der Waals surface area contributed by atoms with Crippen molar-refractivity contribution in [3.05, 3.63) is 64.7 Å². The van der Waals surface area contributed by atoms with E-state index in [9.17, 15) is 9.59 Å². The van der Waals surface area contributed by atoms with E-state index in [1.165, 1.54) is 6.92 Å². The van der Waals surface area contributed by atoms with Crippen molar-refractivity contribution < 1.29 is 9.59 Å². The Morgan fingerprint density at radius 3 is 2.56 bits per heavy atom. The Hall–Kier alpha value is -2.46. The van der Waals surface area contributed by atoms with Gasteiger partial charge in [0, 0.05) is 16.1 Å². The molecule has 2 unspecified atom stereocenters. The fraction of sp³-hybridized carbons (Fsp3) is 0.318. The number of nitrogens with zero attached hydrogens (tertiary/aromatic N) is 2. The second-order valence-corrected chi connectivity index (χ2v) is 7.40. The maximum atomic E-state index is 13.3. The van der Waals surface area contributed by atoms with E-state index in [0.717, 1.165) is 23.3 Å². The van der Waals surface area contributed by atoms with E-state index in [1.807, 2.05) is 50.2 Å². The molecule has 1 heterocycles. The smallest absolute Gasteiger partial charge is 0.252 e. The highest BCUT2D eigenvalue weighted by atomic mass is 35.5. The molecular formula is C22H23ClN2O2. The van der Waals surface area contributed by atoms with E-state index in [1.54, 1.807) is 17.0 Å². The van der Waals surface area contributed by atoms with Crippen molar-refractivity contribution >= 4 is 34.7 Å². The van der Waals surface area contributed by atoms with Gasteiger partial charge in [0.25, 0.3) is 5.91 Å². The van der Waals surface area contributed by atoms with E-state index in [0.29, 0.717) is 10.7 Å². The van der Waals surface area contributed by atoms with E-state index in [4.69, 9.17) is 16.6 Å². The zero-order valence-electron chi connectivity index (χ0n) is 15.8. The lowest BCUT2D eigenvalue weighted by atomic mass is 9.98. The van der Waals surface area contributed by atoms with Crippen LogP contribution in [-0.2, 0) is 9.59 Å². The molecule has 1 aliphatic rings. The Balaban J connectivity index is 2.27. The number of Topliss-reactive ketones (excluding diaryl/α,β-unsaturated/α-hetero) is 1. The number of rotatable bonds is 5. The number of benzodiazepines with no additional fused rings is 1. The highest BCUT2D eigenvalue weighted by molar-refractivity contribution is 6.32. The minimum Gasteiger partial charge on any atom is -0.302 e.